The molecule has 1 aromatic heterocycles. The molecule has 1 aromatic rings. The standard InChI is InChI=1S/C18H29N5O3/c1-5-20-16(21-10-15(24)13-6-8-19-9-7-13)22-14-11-23(12-14)17(25)26-18(2,3)4/h6-9,14-15,24H,5,10-12H2,1-4H3,(H2,20,21,22). The van der Waals surface area contributed by atoms with Gasteiger partial charge in [-0.3, -0.25) is 9.98 Å². The van der Waals surface area contributed by atoms with Gasteiger partial charge >= 0.3 is 6.09 Å². The Labute approximate surface area is 154 Å². The van der Waals surface area contributed by atoms with Crippen molar-refractivity contribution in [2.75, 3.05) is 26.2 Å². The summed E-state index contributed by atoms with van der Waals surface area (Å²) in [5, 5.41) is 16.6. The first-order valence-electron chi connectivity index (χ1n) is 8.89. The second kappa shape index (κ2) is 8.84. The molecule has 8 heteroatoms. The van der Waals surface area contributed by atoms with E-state index in [9.17, 15) is 9.90 Å². The van der Waals surface area contributed by atoms with E-state index in [2.05, 4.69) is 20.6 Å². The molecular weight excluding hydrogens is 334 g/mol. The molecule has 1 saturated heterocycles. The van der Waals surface area contributed by atoms with Crippen LogP contribution in [0.4, 0.5) is 4.79 Å². The van der Waals surface area contributed by atoms with E-state index in [4.69, 9.17) is 4.74 Å². The zero-order chi connectivity index (χ0) is 19.2. The number of amides is 1. The average Bonchev–Trinajstić information content (AvgIpc) is 2.54. The smallest absolute Gasteiger partial charge is 0.410 e. The Balaban J connectivity index is 1.82. The van der Waals surface area contributed by atoms with E-state index in [1.54, 1.807) is 29.4 Å². The van der Waals surface area contributed by atoms with Gasteiger partial charge in [0, 0.05) is 32.0 Å². The fraction of sp³-hybridized carbons (Fsp3) is 0.611. The van der Waals surface area contributed by atoms with Crippen molar-refractivity contribution in [2.45, 2.75) is 45.4 Å². The van der Waals surface area contributed by atoms with Crippen molar-refractivity contribution in [3.05, 3.63) is 30.1 Å². The maximum Gasteiger partial charge on any atom is 0.410 e. The van der Waals surface area contributed by atoms with Crippen LogP contribution in [0.1, 0.15) is 39.4 Å². The number of likely N-dealkylation sites (tertiary alicyclic amines) is 1. The van der Waals surface area contributed by atoms with Gasteiger partial charge in [-0.1, -0.05) is 0 Å². The molecule has 0 saturated carbocycles. The third-order valence-electron chi connectivity index (χ3n) is 3.73. The first kappa shape index (κ1) is 20.0. The number of carbonyl (C=O) groups excluding carboxylic acids is 1. The van der Waals surface area contributed by atoms with Gasteiger partial charge in [0.2, 0.25) is 0 Å². The van der Waals surface area contributed by atoms with E-state index in [-0.39, 0.29) is 18.7 Å². The van der Waals surface area contributed by atoms with Crippen molar-refractivity contribution in [1.82, 2.24) is 20.5 Å². The van der Waals surface area contributed by atoms with Crippen LogP contribution in [-0.4, -0.2) is 64.9 Å². The van der Waals surface area contributed by atoms with Crippen LogP contribution >= 0.6 is 0 Å². The summed E-state index contributed by atoms with van der Waals surface area (Å²) in [6.45, 7) is 9.60. The number of aliphatic hydroxyl groups excluding tert-OH is 1. The van der Waals surface area contributed by atoms with Crippen LogP contribution in [-0.2, 0) is 4.74 Å². The molecule has 2 heterocycles. The van der Waals surface area contributed by atoms with Crippen LogP contribution in [0.3, 0.4) is 0 Å². The van der Waals surface area contributed by atoms with Crippen LogP contribution in [0.25, 0.3) is 0 Å². The summed E-state index contributed by atoms with van der Waals surface area (Å²) in [5.41, 5.74) is 0.286. The normalized spacial score (nSPS) is 16.7. The number of ether oxygens (including phenoxy) is 1. The first-order valence-corrected chi connectivity index (χ1v) is 8.89. The molecule has 1 aliphatic rings. The maximum absolute atomic E-state index is 12.0. The minimum atomic E-state index is -0.687. The summed E-state index contributed by atoms with van der Waals surface area (Å²) in [5.74, 6) is 0.620. The minimum Gasteiger partial charge on any atom is -0.444 e. The molecule has 0 aliphatic carbocycles. The Morgan fingerprint density at radius 2 is 2.08 bits per heavy atom. The molecule has 2 rings (SSSR count). The molecule has 26 heavy (non-hydrogen) atoms. The molecule has 0 aromatic carbocycles. The highest BCUT2D eigenvalue weighted by atomic mass is 16.6. The Hall–Kier alpha value is -2.35. The van der Waals surface area contributed by atoms with Crippen molar-refractivity contribution >= 4 is 12.1 Å². The topological polar surface area (TPSA) is 99.1 Å². The molecule has 0 bridgehead atoms. The number of pyridine rings is 1. The fourth-order valence-corrected chi connectivity index (χ4v) is 2.43. The zero-order valence-corrected chi connectivity index (χ0v) is 15.9. The second-order valence-corrected chi connectivity index (χ2v) is 7.24. The van der Waals surface area contributed by atoms with Gasteiger partial charge in [-0.15, -0.1) is 0 Å². The average molecular weight is 363 g/mol. The number of nitrogens with one attached hydrogen (secondary N) is 2. The SMILES string of the molecule is CCNC(=NCC(O)c1ccncc1)NC1CN(C(=O)OC(C)(C)C)C1. The van der Waals surface area contributed by atoms with Gasteiger partial charge in [0.1, 0.15) is 5.60 Å². The van der Waals surface area contributed by atoms with E-state index >= 15 is 0 Å². The number of hydrogen-bond acceptors (Lipinski definition) is 5. The van der Waals surface area contributed by atoms with Crippen LogP contribution in [0, 0.1) is 0 Å². The van der Waals surface area contributed by atoms with Crippen molar-refractivity contribution in [2.24, 2.45) is 4.99 Å². The van der Waals surface area contributed by atoms with Gasteiger partial charge in [-0.25, -0.2) is 4.79 Å². The summed E-state index contributed by atoms with van der Waals surface area (Å²) in [4.78, 5) is 22.0. The largest absolute Gasteiger partial charge is 0.444 e. The minimum absolute atomic E-state index is 0.110. The van der Waals surface area contributed by atoms with Crippen LogP contribution in [0.5, 0.6) is 0 Å². The summed E-state index contributed by atoms with van der Waals surface area (Å²) in [6, 6.07) is 3.65. The summed E-state index contributed by atoms with van der Waals surface area (Å²) in [7, 11) is 0. The first-order chi connectivity index (χ1) is 12.3. The highest BCUT2D eigenvalue weighted by Crippen LogP contribution is 2.15. The molecule has 0 spiro atoms. The van der Waals surface area contributed by atoms with E-state index in [1.165, 1.54) is 0 Å². The Kier molecular flexibility index (Phi) is 6.79. The van der Waals surface area contributed by atoms with E-state index in [1.807, 2.05) is 27.7 Å². The highest BCUT2D eigenvalue weighted by Gasteiger charge is 2.34. The Bertz CT molecular complexity index is 609. The molecule has 144 valence electrons. The Morgan fingerprint density at radius 3 is 2.65 bits per heavy atom. The molecule has 1 atom stereocenters. The lowest BCUT2D eigenvalue weighted by atomic mass is 10.1. The summed E-state index contributed by atoms with van der Waals surface area (Å²) < 4.78 is 5.35. The van der Waals surface area contributed by atoms with Crippen molar-refractivity contribution < 1.29 is 14.6 Å². The second-order valence-electron chi connectivity index (χ2n) is 7.24. The summed E-state index contributed by atoms with van der Waals surface area (Å²) >= 11 is 0. The quantitative estimate of drug-likeness (QED) is 0.539. The molecule has 1 fully saturated rings. The van der Waals surface area contributed by atoms with Crippen LogP contribution < -0.4 is 10.6 Å². The number of aromatic nitrogens is 1. The molecule has 1 amide bonds. The number of nitrogens with zero attached hydrogens (tertiary/aromatic N) is 3. The fourth-order valence-electron chi connectivity index (χ4n) is 2.43. The number of carbonyl (C=O) groups is 1. The van der Waals surface area contributed by atoms with Gasteiger partial charge in [0.05, 0.1) is 18.7 Å². The number of aliphatic imine (C=N–C) groups is 1. The number of hydrogen-bond donors (Lipinski definition) is 3. The lowest BCUT2D eigenvalue weighted by molar-refractivity contribution is 0.00700. The van der Waals surface area contributed by atoms with Crippen molar-refractivity contribution in [3.63, 3.8) is 0 Å². The molecule has 0 radical (unpaired) electrons. The lowest BCUT2D eigenvalue weighted by Crippen LogP contribution is -2.63. The molecule has 8 nitrogen and oxygen atoms in total. The van der Waals surface area contributed by atoms with E-state index < -0.39 is 11.7 Å². The predicted octanol–water partition coefficient (Wildman–Crippen LogP) is 1.29. The van der Waals surface area contributed by atoms with Gasteiger partial charge in [0.25, 0.3) is 0 Å². The van der Waals surface area contributed by atoms with E-state index in [0.29, 0.717) is 25.6 Å². The zero-order valence-electron chi connectivity index (χ0n) is 15.9. The number of guanidine groups is 1. The highest BCUT2D eigenvalue weighted by molar-refractivity contribution is 5.80. The third-order valence-corrected chi connectivity index (χ3v) is 3.73. The Morgan fingerprint density at radius 1 is 1.42 bits per heavy atom. The lowest BCUT2D eigenvalue weighted by Gasteiger charge is -2.40. The van der Waals surface area contributed by atoms with Gasteiger partial charge in [-0.05, 0) is 45.4 Å². The van der Waals surface area contributed by atoms with Crippen molar-refractivity contribution in [1.29, 1.82) is 0 Å². The van der Waals surface area contributed by atoms with Gasteiger partial charge in [-0.2, -0.15) is 0 Å². The molecule has 1 aliphatic heterocycles. The molecule has 1 unspecified atom stereocenters. The monoisotopic (exact) mass is 363 g/mol. The van der Waals surface area contributed by atoms with Crippen molar-refractivity contribution in [3.8, 4) is 0 Å². The third kappa shape index (κ3) is 6.18. The molecular formula is C18H29N5O3. The number of aliphatic hydroxyl groups is 1. The van der Waals surface area contributed by atoms with Crippen LogP contribution in [0.2, 0.25) is 0 Å². The molecule has 3 N–H and O–H groups in total. The predicted molar refractivity (Wildman–Crippen MR) is 99.9 cm³/mol. The van der Waals surface area contributed by atoms with E-state index in [0.717, 1.165) is 5.56 Å². The summed E-state index contributed by atoms with van der Waals surface area (Å²) in [6.07, 6.45) is 2.30. The van der Waals surface area contributed by atoms with Gasteiger partial charge in [0.15, 0.2) is 5.96 Å². The van der Waals surface area contributed by atoms with Gasteiger partial charge < -0.3 is 25.4 Å². The number of rotatable bonds is 5. The van der Waals surface area contributed by atoms with Crippen LogP contribution in [0.15, 0.2) is 29.5 Å². The maximum atomic E-state index is 12.0.